The number of thioether (sulfide) groups is 1. The minimum atomic E-state index is 0.943. The number of hydrogen-bond acceptors (Lipinski definition) is 5. The summed E-state index contributed by atoms with van der Waals surface area (Å²) in [5.74, 6) is 0. The fourth-order valence-electron chi connectivity index (χ4n) is 1.26. The molecular weight excluding hydrogens is 196 g/mol. The number of nitrogens with zero attached hydrogens (tertiary/aromatic N) is 3. The van der Waals surface area contributed by atoms with E-state index in [-0.39, 0.29) is 0 Å². The molecule has 1 aliphatic heterocycles. The first-order valence-corrected chi connectivity index (χ1v) is 5.51. The highest BCUT2D eigenvalue weighted by molar-refractivity contribution is 8.13. The van der Waals surface area contributed by atoms with Gasteiger partial charge in [-0.05, 0) is 18.4 Å². The molecule has 14 heavy (non-hydrogen) atoms. The van der Waals surface area contributed by atoms with Crippen molar-refractivity contribution in [3.05, 3.63) is 30.3 Å². The van der Waals surface area contributed by atoms with Crippen molar-refractivity contribution in [2.75, 3.05) is 18.3 Å². The molecule has 1 aromatic carbocycles. The number of hydrazone groups is 1. The Hall–Kier alpha value is -1.20. The van der Waals surface area contributed by atoms with E-state index in [4.69, 9.17) is 0 Å². The van der Waals surface area contributed by atoms with Gasteiger partial charge in [-0.2, -0.15) is 0 Å². The van der Waals surface area contributed by atoms with Crippen molar-refractivity contribution in [3.8, 4) is 0 Å². The van der Waals surface area contributed by atoms with Crippen LogP contribution in [0.15, 0.2) is 35.4 Å². The Labute approximate surface area is 87.5 Å². The summed E-state index contributed by atoms with van der Waals surface area (Å²) in [5.41, 5.74) is 4.20. The third-order valence-electron chi connectivity index (χ3n) is 1.87. The highest BCUT2D eigenvalue weighted by Crippen LogP contribution is 2.19. The van der Waals surface area contributed by atoms with E-state index in [0.717, 1.165) is 10.9 Å². The average Bonchev–Trinajstić information content (AvgIpc) is 2.61. The van der Waals surface area contributed by atoms with Crippen LogP contribution in [0.3, 0.4) is 0 Å². The topological polar surface area (TPSA) is 30.9 Å². The predicted molar refractivity (Wildman–Crippen MR) is 60.8 cm³/mol. The first-order valence-electron chi connectivity index (χ1n) is 4.29. The van der Waals surface area contributed by atoms with Crippen molar-refractivity contribution >= 4 is 22.6 Å². The summed E-state index contributed by atoms with van der Waals surface area (Å²) >= 11 is 1.61. The van der Waals surface area contributed by atoms with Crippen LogP contribution in [0.1, 0.15) is 0 Å². The zero-order valence-corrected chi connectivity index (χ0v) is 8.95. The Morgan fingerprint density at radius 3 is 2.64 bits per heavy atom. The molecule has 0 aliphatic carbocycles. The molecule has 0 unspecified atom stereocenters. The molecule has 0 radical (unpaired) electrons. The largest absolute Gasteiger partial charge is 0.233 e. The van der Waals surface area contributed by atoms with E-state index in [2.05, 4.69) is 10.6 Å². The lowest BCUT2D eigenvalue weighted by Gasteiger charge is -2.19. The van der Waals surface area contributed by atoms with Crippen LogP contribution in [-0.4, -0.2) is 23.6 Å². The molecule has 1 heterocycles. The lowest BCUT2D eigenvalue weighted by Crippen LogP contribution is -2.40. The summed E-state index contributed by atoms with van der Waals surface area (Å²) in [7, 11) is 1.87. The SMILES string of the molecule is CSC1=NN(C)NN1c1ccccc1. The Morgan fingerprint density at radius 1 is 1.29 bits per heavy atom. The Balaban J connectivity index is 2.25. The maximum Gasteiger partial charge on any atom is 0.205 e. The Kier molecular flexibility index (Phi) is 2.60. The summed E-state index contributed by atoms with van der Waals surface area (Å²) in [6.45, 7) is 0. The van der Waals surface area contributed by atoms with Crippen LogP contribution >= 0.6 is 11.8 Å². The van der Waals surface area contributed by atoms with Crippen LogP contribution in [0.2, 0.25) is 0 Å². The molecule has 0 atom stereocenters. The zero-order chi connectivity index (χ0) is 9.97. The van der Waals surface area contributed by atoms with E-state index in [0.29, 0.717) is 0 Å². The van der Waals surface area contributed by atoms with Gasteiger partial charge in [0, 0.05) is 7.05 Å². The first-order chi connectivity index (χ1) is 6.81. The number of para-hydroxylation sites is 1. The lowest BCUT2D eigenvalue weighted by molar-refractivity contribution is 0.280. The maximum absolute atomic E-state index is 4.29. The van der Waals surface area contributed by atoms with Gasteiger partial charge in [0.25, 0.3) is 0 Å². The van der Waals surface area contributed by atoms with Crippen LogP contribution in [0.4, 0.5) is 5.69 Å². The summed E-state index contributed by atoms with van der Waals surface area (Å²) in [6.07, 6.45) is 2.01. The van der Waals surface area contributed by atoms with Crippen LogP contribution in [0.25, 0.3) is 0 Å². The molecule has 74 valence electrons. The second kappa shape index (κ2) is 3.89. The Morgan fingerprint density at radius 2 is 2.00 bits per heavy atom. The van der Waals surface area contributed by atoms with Crippen molar-refractivity contribution in [3.63, 3.8) is 0 Å². The Bertz CT molecular complexity index is 338. The predicted octanol–water partition coefficient (Wildman–Crippen LogP) is 1.49. The molecule has 0 fully saturated rings. The van der Waals surface area contributed by atoms with Gasteiger partial charge in [0.2, 0.25) is 5.17 Å². The molecular formula is C9H12N4S. The van der Waals surface area contributed by atoms with Crippen molar-refractivity contribution in [2.24, 2.45) is 5.10 Å². The van der Waals surface area contributed by atoms with Gasteiger partial charge in [0.1, 0.15) is 0 Å². The number of rotatable bonds is 1. The summed E-state index contributed by atoms with van der Waals surface area (Å²) < 4.78 is 0. The van der Waals surface area contributed by atoms with Gasteiger partial charge in [-0.15, -0.1) is 10.6 Å². The lowest BCUT2D eigenvalue weighted by atomic mass is 10.3. The van der Waals surface area contributed by atoms with Crippen LogP contribution in [0.5, 0.6) is 0 Å². The minimum Gasteiger partial charge on any atom is -0.233 e. The molecule has 1 aromatic rings. The number of hydrazine groups is 2. The molecule has 0 saturated carbocycles. The van der Waals surface area contributed by atoms with Crippen molar-refractivity contribution < 1.29 is 0 Å². The maximum atomic E-state index is 4.29. The van der Waals surface area contributed by atoms with E-state index in [9.17, 15) is 0 Å². The first kappa shape index (κ1) is 9.36. The number of benzene rings is 1. The number of anilines is 1. The highest BCUT2D eigenvalue weighted by Gasteiger charge is 2.20. The van der Waals surface area contributed by atoms with Gasteiger partial charge < -0.3 is 0 Å². The quantitative estimate of drug-likeness (QED) is 0.757. The number of nitrogens with one attached hydrogen (secondary N) is 1. The standard InChI is InChI=1S/C9H12N4S/c1-12-10-9(14-2)13(11-12)8-6-4-3-5-7-8/h3-7,11H,1-2H3. The molecule has 0 amide bonds. The number of hydrogen-bond donors (Lipinski definition) is 1. The highest BCUT2D eigenvalue weighted by atomic mass is 32.2. The van der Waals surface area contributed by atoms with Crippen molar-refractivity contribution in [1.29, 1.82) is 0 Å². The molecule has 5 heteroatoms. The second-order valence-corrected chi connectivity index (χ2v) is 3.65. The third kappa shape index (κ3) is 1.69. The van der Waals surface area contributed by atoms with Gasteiger partial charge >= 0.3 is 0 Å². The molecule has 4 nitrogen and oxygen atoms in total. The van der Waals surface area contributed by atoms with Gasteiger partial charge in [-0.3, -0.25) is 0 Å². The van der Waals surface area contributed by atoms with Gasteiger partial charge in [0.05, 0.1) is 5.69 Å². The fourth-order valence-corrected chi connectivity index (χ4v) is 1.79. The van der Waals surface area contributed by atoms with Crippen LogP contribution in [-0.2, 0) is 0 Å². The number of amidine groups is 1. The molecule has 0 spiro atoms. The normalized spacial score (nSPS) is 16.0. The summed E-state index contributed by atoms with van der Waals surface area (Å²) in [4.78, 5) is 0. The third-order valence-corrected chi connectivity index (χ3v) is 2.50. The smallest absolute Gasteiger partial charge is 0.205 e. The van der Waals surface area contributed by atoms with E-state index >= 15 is 0 Å². The average molecular weight is 208 g/mol. The van der Waals surface area contributed by atoms with Gasteiger partial charge in [-0.25, -0.2) is 10.1 Å². The van der Waals surface area contributed by atoms with Crippen molar-refractivity contribution in [1.82, 2.24) is 10.7 Å². The van der Waals surface area contributed by atoms with Crippen LogP contribution < -0.4 is 10.5 Å². The van der Waals surface area contributed by atoms with Crippen molar-refractivity contribution in [2.45, 2.75) is 0 Å². The summed E-state index contributed by atoms with van der Waals surface area (Å²) in [5, 5.41) is 8.88. The molecule has 0 aromatic heterocycles. The monoisotopic (exact) mass is 208 g/mol. The van der Waals surface area contributed by atoms with E-state index < -0.39 is 0 Å². The van der Waals surface area contributed by atoms with E-state index in [1.165, 1.54) is 0 Å². The van der Waals surface area contributed by atoms with Crippen LogP contribution in [0, 0.1) is 0 Å². The molecule has 2 rings (SSSR count). The molecule has 1 N–H and O–H groups in total. The minimum absolute atomic E-state index is 0.943. The zero-order valence-electron chi connectivity index (χ0n) is 8.14. The molecule has 0 saturated heterocycles. The van der Waals surface area contributed by atoms with Gasteiger partial charge in [-0.1, -0.05) is 30.0 Å². The van der Waals surface area contributed by atoms with E-state index in [1.54, 1.807) is 16.9 Å². The van der Waals surface area contributed by atoms with Gasteiger partial charge in [0.15, 0.2) is 0 Å². The second-order valence-electron chi connectivity index (χ2n) is 2.88. The summed E-state index contributed by atoms with van der Waals surface area (Å²) in [6, 6.07) is 10.1. The van der Waals surface area contributed by atoms with E-state index in [1.807, 2.05) is 48.6 Å². The fraction of sp³-hybridized carbons (Fsp3) is 0.222. The molecule has 0 bridgehead atoms. The molecule has 1 aliphatic rings.